The molecular weight excluding hydrogens is 344 g/mol. The third-order valence-electron chi connectivity index (χ3n) is 4.57. The summed E-state index contributed by atoms with van der Waals surface area (Å²) in [6, 6.07) is 7.50. The van der Waals surface area contributed by atoms with Crippen molar-refractivity contribution in [2.24, 2.45) is 0 Å². The van der Waals surface area contributed by atoms with E-state index in [2.05, 4.69) is 38.3 Å². The lowest BCUT2D eigenvalue weighted by Gasteiger charge is -2.15. The van der Waals surface area contributed by atoms with Crippen LogP contribution in [0, 0.1) is 6.92 Å². The maximum atomic E-state index is 12.4. The highest BCUT2D eigenvalue weighted by atomic mass is 16.5. The molecule has 0 saturated carbocycles. The molecule has 0 fully saturated rings. The number of nitrogens with one attached hydrogen (secondary N) is 2. The van der Waals surface area contributed by atoms with Crippen LogP contribution in [0.4, 0.5) is 10.5 Å². The van der Waals surface area contributed by atoms with Gasteiger partial charge in [0.05, 0.1) is 12.6 Å². The number of hydrogen-bond acceptors (Lipinski definition) is 4. The van der Waals surface area contributed by atoms with E-state index in [0.717, 1.165) is 34.7 Å². The number of methoxy groups -OCH3 is 1. The van der Waals surface area contributed by atoms with Crippen molar-refractivity contribution in [1.29, 1.82) is 0 Å². The molecule has 0 spiro atoms. The van der Waals surface area contributed by atoms with E-state index in [1.54, 1.807) is 11.8 Å². The summed E-state index contributed by atoms with van der Waals surface area (Å²) >= 11 is 0. The van der Waals surface area contributed by atoms with Gasteiger partial charge in [0, 0.05) is 42.5 Å². The smallest absolute Gasteiger partial charge is 0.319 e. The van der Waals surface area contributed by atoms with Crippen molar-refractivity contribution in [2.45, 2.75) is 39.9 Å². The Bertz CT molecular complexity index is 930. The number of rotatable bonds is 7. The number of aryl methyl sites for hydroxylation is 2. The van der Waals surface area contributed by atoms with Crippen molar-refractivity contribution in [3.8, 4) is 0 Å². The lowest BCUT2D eigenvalue weighted by atomic mass is 10.2. The average molecular weight is 370 g/mol. The van der Waals surface area contributed by atoms with E-state index >= 15 is 0 Å². The van der Waals surface area contributed by atoms with Crippen molar-refractivity contribution in [2.75, 3.05) is 19.0 Å². The summed E-state index contributed by atoms with van der Waals surface area (Å²) in [6.07, 6.45) is 1.50. The predicted octanol–water partition coefficient (Wildman–Crippen LogP) is 3.09. The lowest BCUT2D eigenvalue weighted by Crippen LogP contribution is -2.32. The summed E-state index contributed by atoms with van der Waals surface area (Å²) in [5, 5.41) is 11.0. The first-order valence-electron chi connectivity index (χ1n) is 9.07. The van der Waals surface area contributed by atoms with Crippen molar-refractivity contribution < 1.29 is 9.53 Å². The van der Waals surface area contributed by atoms with Crippen molar-refractivity contribution in [3.63, 3.8) is 0 Å². The quantitative estimate of drug-likeness (QED) is 0.669. The molecule has 27 heavy (non-hydrogen) atoms. The molecule has 2 amide bonds. The summed E-state index contributed by atoms with van der Waals surface area (Å²) in [7, 11) is 1.70. The van der Waals surface area contributed by atoms with Crippen LogP contribution in [-0.4, -0.2) is 39.1 Å². The molecule has 3 aromatic rings. The molecule has 2 aromatic heterocycles. The summed E-state index contributed by atoms with van der Waals surface area (Å²) in [5.41, 5.74) is 3.03. The van der Waals surface area contributed by atoms with Crippen molar-refractivity contribution in [3.05, 3.63) is 42.1 Å². The van der Waals surface area contributed by atoms with E-state index in [-0.39, 0.29) is 12.1 Å². The highest BCUT2D eigenvalue weighted by Crippen LogP contribution is 2.23. The van der Waals surface area contributed by atoms with Gasteiger partial charge in [0.1, 0.15) is 12.2 Å². The second-order valence-electron chi connectivity index (χ2n) is 6.46. The van der Waals surface area contributed by atoms with E-state index in [1.165, 1.54) is 6.33 Å². The molecule has 8 nitrogen and oxygen atoms in total. The van der Waals surface area contributed by atoms with Gasteiger partial charge in [-0.05, 0) is 45.0 Å². The summed E-state index contributed by atoms with van der Waals surface area (Å²) in [4.78, 5) is 16.6. The maximum absolute atomic E-state index is 12.4. The molecule has 144 valence electrons. The van der Waals surface area contributed by atoms with Gasteiger partial charge in [0.15, 0.2) is 0 Å². The normalized spacial score (nSPS) is 12.3. The van der Waals surface area contributed by atoms with Gasteiger partial charge in [-0.3, -0.25) is 0 Å². The zero-order chi connectivity index (χ0) is 19.4. The molecule has 0 unspecified atom stereocenters. The van der Waals surface area contributed by atoms with Gasteiger partial charge in [-0.25, -0.2) is 14.5 Å². The van der Waals surface area contributed by atoms with Gasteiger partial charge in [0.25, 0.3) is 0 Å². The highest BCUT2D eigenvalue weighted by molar-refractivity contribution is 5.93. The summed E-state index contributed by atoms with van der Waals surface area (Å²) in [6.45, 7) is 8.11. The minimum absolute atomic E-state index is 0.242. The van der Waals surface area contributed by atoms with Crippen LogP contribution >= 0.6 is 0 Å². The number of fused-ring (bicyclic) bond motifs is 1. The van der Waals surface area contributed by atoms with Gasteiger partial charge in [-0.15, -0.1) is 0 Å². The fraction of sp³-hybridized carbons (Fsp3) is 0.421. The SMILES string of the molecule is CCn1ncnc1[C@H](C)NC(=O)Nc1ccc2c(c1)cc(C)n2CCOC. The molecule has 0 radical (unpaired) electrons. The van der Waals surface area contributed by atoms with E-state index in [4.69, 9.17) is 4.74 Å². The van der Waals surface area contributed by atoms with Crippen LogP contribution < -0.4 is 10.6 Å². The van der Waals surface area contributed by atoms with Crippen LogP contribution in [0.1, 0.15) is 31.4 Å². The van der Waals surface area contributed by atoms with E-state index in [1.807, 2.05) is 32.0 Å². The Kier molecular flexibility index (Phi) is 5.75. The Morgan fingerprint density at radius 1 is 1.33 bits per heavy atom. The van der Waals surface area contributed by atoms with Crippen LogP contribution in [0.3, 0.4) is 0 Å². The fourth-order valence-corrected chi connectivity index (χ4v) is 3.25. The van der Waals surface area contributed by atoms with Gasteiger partial charge < -0.3 is 19.9 Å². The average Bonchev–Trinajstić information content (AvgIpc) is 3.23. The zero-order valence-electron chi connectivity index (χ0n) is 16.2. The van der Waals surface area contributed by atoms with Crippen molar-refractivity contribution >= 4 is 22.6 Å². The highest BCUT2D eigenvalue weighted by Gasteiger charge is 2.15. The topological polar surface area (TPSA) is 86.0 Å². The molecule has 1 aromatic carbocycles. The number of benzene rings is 1. The van der Waals surface area contributed by atoms with E-state index in [9.17, 15) is 4.79 Å². The number of ether oxygens (including phenoxy) is 1. The number of urea groups is 1. The van der Waals surface area contributed by atoms with Crippen molar-refractivity contribution in [1.82, 2.24) is 24.6 Å². The van der Waals surface area contributed by atoms with Crippen LogP contribution in [0.2, 0.25) is 0 Å². The second-order valence-corrected chi connectivity index (χ2v) is 6.46. The Morgan fingerprint density at radius 2 is 2.15 bits per heavy atom. The Labute approximate surface area is 158 Å². The van der Waals surface area contributed by atoms with Gasteiger partial charge in [-0.1, -0.05) is 0 Å². The van der Waals surface area contributed by atoms with Crippen LogP contribution in [0.25, 0.3) is 10.9 Å². The third kappa shape index (κ3) is 4.11. The second kappa shape index (κ2) is 8.22. The largest absolute Gasteiger partial charge is 0.383 e. The molecule has 0 bridgehead atoms. The molecule has 0 aliphatic carbocycles. The fourth-order valence-electron chi connectivity index (χ4n) is 3.25. The minimum Gasteiger partial charge on any atom is -0.383 e. The molecule has 0 aliphatic heterocycles. The standard InChI is InChI=1S/C19H26N6O2/c1-5-25-18(20-12-21-25)14(3)22-19(26)23-16-6-7-17-15(11-16)10-13(2)24(17)8-9-27-4/h6-7,10-12,14H,5,8-9H2,1-4H3,(H2,22,23,26)/t14-/m0/s1. The molecule has 0 aliphatic rings. The van der Waals surface area contributed by atoms with Crippen LogP contribution in [0.15, 0.2) is 30.6 Å². The minimum atomic E-state index is -0.275. The Hall–Kier alpha value is -2.87. The Balaban J connectivity index is 1.70. The molecule has 3 rings (SSSR count). The molecule has 2 N–H and O–H groups in total. The third-order valence-corrected chi connectivity index (χ3v) is 4.57. The first kappa shape index (κ1) is 18.9. The van der Waals surface area contributed by atoms with Gasteiger partial charge in [0.2, 0.25) is 0 Å². The monoisotopic (exact) mass is 370 g/mol. The molecule has 2 heterocycles. The number of aromatic nitrogens is 4. The van der Waals surface area contributed by atoms with Crippen LogP contribution in [0.5, 0.6) is 0 Å². The molecule has 1 atom stereocenters. The molecular formula is C19H26N6O2. The predicted molar refractivity (Wildman–Crippen MR) is 105 cm³/mol. The van der Waals surface area contributed by atoms with Gasteiger partial charge >= 0.3 is 6.03 Å². The maximum Gasteiger partial charge on any atom is 0.319 e. The van der Waals surface area contributed by atoms with Gasteiger partial charge in [-0.2, -0.15) is 5.10 Å². The number of nitrogens with zero attached hydrogens (tertiary/aromatic N) is 4. The van der Waals surface area contributed by atoms with E-state index in [0.29, 0.717) is 13.2 Å². The number of anilines is 1. The first-order valence-corrected chi connectivity index (χ1v) is 9.07. The number of amides is 2. The number of carbonyl (C=O) groups is 1. The summed E-state index contributed by atoms with van der Waals surface area (Å²) < 4.78 is 9.16. The number of carbonyl (C=O) groups excluding carboxylic acids is 1. The molecule has 8 heteroatoms. The Morgan fingerprint density at radius 3 is 2.89 bits per heavy atom. The lowest BCUT2D eigenvalue weighted by molar-refractivity contribution is 0.188. The summed E-state index contributed by atoms with van der Waals surface area (Å²) in [5.74, 6) is 0.731. The molecule has 0 saturated heterocycles. The first-order chi connectivity index (χ1) is 13.0. The number of hydrogen-bond donors (Lipinski definition) is 2. The van der Waals surface area contributed by atoms with E-state index < -0.39 is 0 Å². The zero-order valence-corrected chi connectivity index (χ0v) is 16.2. The van der Waals surface area contributed by atoms with Crippen LogP contribution in [-0.2, 0) is 17.8 Å².